The summed E-state index contributed by atoms with van der Waals surface area (Å²) in [6, 6.07) is 0. The number of hydrogen-bond acceptors (Lipinski definition) is 3. The number of nitrogens with two attached hydrogens (primary N) is 1. The van der Waals surface area contributed by atoms with E-state index in [0.717, 1.165) is 0 Å². The third-order valence-electron chi connectivity index (χ3n) is 1.20. The Morgan fingerprint density at radius 2 is 2.08 bits per heavy atom. The van der Waals surface area contributed by atoms with Crippen LogP contribution in [-0.2, 0) is 9.59 Å². The lowest BCUT2D eigenvalue weighted by molar-refractivity contribution is -0.121. The van der Waals surface area contributed by atoms with Gasteiger partial charge in [-0.1, -0.05) is 0 Å². The van der Waals surface area contributed by atoms with Gasteiger partial charge in [0.05, 0.1) is 6.54 Å². The van der Waals surface area contributed by atoms with Crippen LogP contribution in [0.25, 0.3) is 0 Å². The molecule has 0 aromatic rings. The fraction of sp³-hybridized carbons (Fsp3) is 0.714. The Morgan fingerprint density at radius 1 is 1.42 bits per heavy atom. The first-order valence-corrected chi connectivity index (χ1v) is 3.92. The Hall–Kier alpha value is -1.10. The topological polar surface area (TPSA) is 84.2 Å². The van der Waals surface area contributed by atoms with Gasteiger partial charge in [-0.2, -0.15) is 0 Å². The van der Waals surface area contributed by atoms with Crippen molar-refractivity contribution in [3.63, 3.8) is 0 Å². The van der Waals surface area contributed by atoms with E-state index in [1.54, 1.807) is 0 Å². The minimum absolute atomic E-state index is 0.0190. The summed E-state index contributed by atoms with van der Waals surface area (Å²) in [7, 11) is 0. The Bertz CT molecular complexity index is 159. The number of hydrogen-bond donors (Lipinski definition) is 3. The molecule has 0 fully saturated rings. The molecule has 12 heavy (non-hydrogen) atoms. The molecular weight excluding hydrogens is 158 g/mol. The van der Waals surface area contributed by atoms with Crippen LogP contribution in [0.2, 0.25) is 0 Å². The smallest absolute Gasteiger partial charge is 0.231 e. The van der Waals surface area contributed by atoms with Crippen LogP contribution < -0.4 is 16.4 Å². The highest BCUT2D eigenvalue weighted by Crippen LogP contribution is 1.75. The zero-order valence-corrected chi connectivity index (χ0v) is 7.22. The first-order chi connectivity index (χ1) is 5.66. The maximum atomic E-state index is 10.8. The first-order valence-electron chi connectivity index (χ1n) is 3.92. The summed E-state index contributed by atoms with van der Waals surface area (Å²) in [5.74, 6) is -0.430. The molecule has 0 aromatic heterocycles. The van der Waals surface area contributed by atoms with Gasteiger partial charge in [-0.15, -0.1) is 0 Å². The van der Waals surface area contributed by atoms with Crippen LogP contribution in [0.5, 0.6) is 0 Å². The number of carbonyl (C=O) groups is 2. The van der Waals surface area contributed by atoms with E-state index < -0.39 is 5.91 Å². The number of primary amides is 1. The molecule has 70 valence electrons. The lowest BCUT2D eigenvalue weighted by atomic mass is 10.4. The van der Waals surface area contributed by atoms with E-state index in [4.69, 9.17) is 5.73 Å². The quantitative estimate of drug-likeness (QED) is 0.431. The Balaban J connectivity index is 3.19. The molecule has 2 amide bonds. The summed E-state index contributed by atoms with van der Waals surface area (Å²) in [5.41, 5.74) is 4.87. The van der Waals surface area contributed by atoms with Gasteiger partial charge in [0.2, 0.25) is 11.8 Å². The van der Waals surface area contributed by atoms with Crippen molar-refractivity contribution < 1.29 is 9.59 Å². The van der Waals surface area contributed by atoms with E-state index in [9.17, 15) is 9.59 Å². The van der Waals surface area contributed by atoms with Gasteiger partial charge >= 0.3 is 0 Å². The summed E-state index contributed by atoms with van der Waals surface area (Å²) in [5, 5.41) is 5.38. The lowest BCUT2D eigenvalue weighted by Crippen LogP contribution is -2.32. The van der Waals surface area contributed by atoms with Crippen LogP contribution in [0.4, 0.5) is 0 Å². The number of amides is 2. The maximum absolute atomic E-state index is 10.8. The minimum Gasteiger partial charge on any atom is -0.369 e. The molecule has 0 heterocycles. The van der Waals surface area contributed by atoms with Gasteiger partial charge < -0.3 is 16.4 Å². The van der Waals surface area contributed by atoms with E-state index in [-0.39, 0.29) is 12.5 Å². The highest BCUT2D eigenvalue weighted by molar-refractivity contribution is 5.77. The van der Waals surface area contributed by atoms with Crippen molar-refractivity contribution in [2.24, 2.45) is 5.73 Å². The number of carbonyl (C=O) groups excluding carboxylic acids is 2. The van der Waals surface area contributed by atoms with Crippen LogP contribution in [0, 0.1) is 0 Å². The van der Waals surface area contributed by atoms with Gasteiger partial charge in [-0.3, -0.25) is 9.59 Å². The van der Waals surface area contributed by atoms with Crippen molar-refractivity contribution in [3.8, 4) is 0 Å². The summed E-state index contributed by atoms with van der Waals surface area (Å²) < 4.78 is 0. The van der Waals surface area contributed by atoms with Crippen LogP contribution in [0.1, 0.15) is 13.3 Å². The molecule has 0 aliphatic heterocycles. The van der Waals surface area contributed by atoms with E-state index in [1.165, 1.54) is 0 Å². The van der Waals surface area contributed by atoms with Gasteiger partial charge in [0, 0.05) is 19.5 Å². The average Bonchev–Trinajstić information content (AvgIpc) is 1.98. The number of rotatable bonds is 6. The fourth-order valence-electron chi connectivity index (χ4n) is 0.699. The van der Waals surface area contributed by atoms with Gasteiger partial charge in [-0.05, 0) is 6.92 Å². The van der Waals surface area contributed by atoms with Gasteiger partial charge in [-0.25, -0.2) is 0 Å². The summed E-state index contributed by atoms with van der Waals surface area (Å²) in [6.45, 7) is 3.09. The van der Waals surface area contributed by atoms with Crippen LogP contribution in [-0.4, -0.2) is 31.4 Å². The van der Waals surface area contributed by atoms with E-state index >= 15 is 0 Å². The predicted molar refractivity (Wildman–Crippen MR) is 45.4 cm³/mol. The van der Waals surface area contributed by atoms with Crippen LogP contribution >= 0.6 is 0 Å². The van der Waals surface area contributed by atoms with Crippen LogP contribution in [0.3, 0.4) is 0 Å². The second kappa shape index (κ2) is 6.60. The van der Waals surface area contributed by atoms with E-state index in [2.05, 4.69) is 10.6 Å². The molecule has 0 saturated carbocycles. The lowest BCUT2D eigenvalue weighted by Gasteiger charge is -2.02. The maximum Gasteiger partial charge on any atom is 0.231 e. The molecule has 0 aliphatic rings. The first kappa shape index (κ1) is 10.9. The van der Waals surface area contributed by atoms with Crippen molar-refractivity contribution in [2.45, 2.75) is 13.3 Å². The summed E-state index contributed by atoms with van der Waals surface area (Å²) in [6.07, 6.45) is 0.376. The van der Waals surface area contributed by atoms with Crippen molar-refractivity contribution >= 4 is 11.8 Å². The summed E-state index contributed by atoms with van der Waals surface area (Å²) >= 11 is 0. The molecule has 0 spiro atoms. The third-order valence-corrected chi connectivity index (χ3v) is 1.20. The standard InChI is InChI=1S/C7H15N3O2/c1-2-10-7(12)3-4-9-5-6(8)11/h9H,2-5H2,1H3,(H2,8,11)(H,10,12). The molecule has 4 N–H and O–H groups in total. The van der Waals surface area contributed by atoms with Crippen molar-refractivity contribution in [2.75, 3.05) is 19.6 Å². The van der Waals surface area contributed by atoms with Gasteiger partial charge in [0.15, 0.2) is 0 Å². The molecule has 0 bridgehead atoms. The van der Waals surface area contributed by atoms with E-state index in [0.29, 0.717) is 19.5 Å². The Morgan fingerprint density at radius 3 is 2.58 bits per heavy atom. The number of nitrogens with one attached hydrogen (secondary N) is 2. The molecule has 0 unspecified atom stereocenters. The highest BCUT2D eigenvalue weighted by atomic mass is 16.2. The zero-order chi connectivity index (χ0) is 9.40. The molecule has 0 atom stereocenters. The van der Waals surface area contributed by atoms with Gasteiger partial charge in [0.25, 0.3) is 0 Å². The van der Waals surface area contributed by atoms with Crippen molar-refractivity contribution in [1.82, 2.24) is 10.6 Å². The molecule has 5 nitrogen and oxygen atoms in total. The average molecular weight is 173 g/mol. The minimum atomic E-state index is -0.411. The fourth-order valence-corrected chi connectivity index (χ4v) is 0.699. The Kier molecular flexibility index (Phi) is 6.00. The van der Waals surface area contributed by atoms with Gasteiger partial charge in [0.1, 0.15) is 0 Å². The second-order valence-electron chi connectivity index (χ2n) is 2.35. The second-order valence-corrected chi connectivity index (χ2v) is 2.35. The molecule has 0 rings (SSSR count). The highest BCUT2D eigenvalue weighted by Gasteiger charge is 1.98. The molecule has 0 aliphatic carbocycles. The molecule has 0 radical (unpaired) electrons. The van der Waals surface area contributed by atoms with E-state index in [1.807, 2.05) is 6.92 Å². The summed E-state index contributed by atoms with van der Waals surface area (Å²) in [4.78, 5) is 21.0. The molecule has 0 saturated heterocycles. The molecule has 5 heteroatoms. The van der Waals surface area contributed by atoms with Crippen molar-refractivity contribution in [3.05, 3.63) is 0 Å². The SMILES string of the molecule is CCNC(=O)CCNCC(N)=O. The van der Waals surface area contributed by atoms with Crippen molar-refractivity contribution in [1.29, 1.82) is 0 Å². The zero-order valence-electron chi connectivity index (χ0n) is 7.22. The normalized spacial score (nSPS) is 9.42. The largest absolute Gasteiger partial charge is 0.369 e. The van der Waals surface area contributed by atoms with Crippen LogP contribution in [0.15, 0.2) is 0 Å². The third kappa shape index (κ3) is 7.01. The molecular formula is C7H15N3O2. The monoisotopic (exact) mass is 173 g/mol. The predicted octanol–water partition coefficient (Wildman–Crippen LogP) is -1.41. The Labute approximate surface area is 71.7 Å². The molecule has 0 aromatic carbocycles.